The summed E-state index contributed by atoms with van der Waals surface area (Å²) in [5, 5.41) is 0.337. The summed E-state index contributed by atoms with van der Waals surface area (Å²) in [6, 6.07) is 3.33. The number of ether oxygens (including phenoxy) is 2. The molecule has 1 aromatic rings. The number of methoxy groups -OCH3 is 1. The lowest BCUT2D eigenvalue weighted by Gasteiger charge is -2.16. The van der Waals surface area contributed by atoms with Crippen molar-refractivity contribution in [3.8, 4) is 5.75 Å². The Hall–Kier alpha value is -1.29. The number of hydrogen-bond acceptors (Lipinski definition) is 4. The molecule has 1 unspecified atom stereocenters. The van der Waals surface area contributed by atoms with Gasteiger partial charge in [-0.15, -0.1) is 0 Å². The predicted octanol–water partition coefficient (Wildman–Crippen LogP) is 2.80. The Kier molecular flexibility index (Phi) is 5.22. The van der Waals surface area contributed by atoms with Gasteiger partial charge in [-0.1, -0.05) is 18.5 Å². The number of carbonyl (C=O) groups is 1. The molecule has 0 bridgehead atoms. The molecule has 0 aromatic carbocycles. The topological polar surface area (TPSA) is 48.4 Å². The van der Waals surface area contributed by atoms with Gasteiger partial charge in [0.2, 0.25) is 0 Å². The summed E-state index contributed by atoms with van der Waals surface area (Å²) in [4.78, 5) is 16.0. The molecule has 0 radical (unpaired) electrons. The van der Waals surface area contributed by atoms with E-state index in [2.05, 4.69) is 4.98 Å². The lowest BCUT2D eigenvalue weighted by molar-refractivity contribution is -0.145. The first kappa shape index (κ1) is 13.8. The molecule has 1 rings (SSSR count). The maximum absolute atomic E-state index is 11.8. The second-order valence-corrected chi connectivity index (χ2v) is 3.82. The summed E-state index contributed by atoms with van der Waals surface area (Å²) in [7, 11) is 1.53. The Bertz CT molecular complexity index is 395. The number of nitrogens with zero attached hydrogens (tertiary/aromatic N) is 1. The molecule has 17 heavy (non-hydrogen) atoms. The normalized spacial score (nSPS) is 12.0. The number of aromatic nitrogens is 1. The Morgan fingerprint density at radius 2 is 2.18 bits per heavy atom. The number of hydrogen-bond donors (Lipinski definition) is 0. The van der Waals surface area contributed by atoms with Crippen LogP contribution < -0.4 is 4.74 Å². The van der Waals surface area contributed by atoms with E-state index in [4.69, 9.17) is 21.1 Å². The number of esters is 1. The van der Waals surface area contributed by atoms with E-state index in [0.29, 0.717) is 29.6 Å². The van der Waals surface area contributed by atoms with Crippen LogP contribution in [0.4, 0.5) is 0 Å². The van der Waals surface area contributed by atoms with Crippen LogP contribution in [-0.4, -0.2) is 24.7 Å². The highest BCUT2D eigenvalue weighted by Gasteiger charge is 2.25. The second-order valence-electron chi connectivity index (χ2n) is 3.43. The predicted molar refractivity (Wildman–Crippen MR) is 65.5 cm³/mol. The minimum atomic E-state index is -0.441. The smallest absolute Gasteiger partial charge is 0.315 e. The van der Waals surface area contributed by atoms with Crippen molar-refractivity contribution in [3.63, 3.8) is 0 Å². The van der Waals surface area contributed by atoms with Gasteiger partial charge in [0.15, 0.2) is 0 Å². The monoisotopic (exact) mass is 257 g/mol. The van der Waals surface area contributed by atoms with Crippen LogP contribution >= 0.6 is 11.6 Å². The molecule has 0 aliphatic carbocycles. The minimum Gasteiger partial charge on any atom is -0.495 e. The molecule has 5 heteroatoms. The average Bonchev–Trinajstić information content (AvgIpc) is 2.31. The zero-order valence-corrected chi connectivity index (χ0v) is 11.0. The quantitative estimate of drug-likeness (QED) is 0.601. The first-order chi connectivity index (χ1) is 8.13. The van der Waals surface area contributed by atoms with E-state index in [1.165, 1.54) is 7.11 Å². The molecule has 4 nitrogen and oxygen atoms in total. The van der Waals surface area contributed by atoms with Gasteiger partial charge in [0.05, 0.1) is 19.4 Å². The Morgan fingerprint density at radius 3 is 2.71 bits per heavy atom. The lowest BCUT2D eigenvalue weighted by Crippen LogP contribution is -2.17. The molecule has 0 saturated carbocycles. The second kappa shape index (κ2) is 6.45. The summed E-state index contributed by atoms with van der Waals surface area (Å²) >= 11 is 5.84. The van der Waals surface area contributed by atoms with Crippen LogP contribution in [0.2, 0.25) is 5.15 Å². The Morgan fingerprint density at radius 1 is 1.47 bits per heavy atom. The molecule has 0 fully saturated rings. The third-order valence-electron chi connectivity index (χ3n) is 2.38. The number of rotatable bonds is 5. The summed E-state index contributed by atoms with van der Waals surface area (Å²) in [6.07, 6.45) is 0.586. The van der Waals surface area contributed by atoms with Crippen LogP contribution in [0.3, 0.4) is 0 Å². The zero-order valence-electron chi connectivity index (χ0n) is 10.2. The highest BCUT2D eigenvalue weighted by atomic mass is 35.5. The average molecular weight is 258 g/mol. The Balaban J connectivity index is 3.09. The van der Waals surface area contributed by atoms with Crippen LogP contribution in [0, 0.1) is 0 Å². The first-order valence-electron chi connectivity index (χ1n) is 5.51. The van der Waals surface area contributed by atoms with Gasteiger partial charge in [-0.05, 0) is 25.5 Å². The molecular weight excluding hydrogens is 242 g/mol. The standard InChI is InChI=1S/C12H16ClNO3/c1-4-8(12(15)17-5-2)11-9(16-3)6-7-10(13)14-11/h6-8H,4-5H2,1-3H3. The molecule has 94 valence electrons. The van der Waals surface area contributed by atoms with Crippen molar-refractivity contribution in [2.24, 2.45) is 0 Å². The number of halogens is 1. The van der Waals surface area contributed by atoms with Crippen molar-refractivity contribution in [1.82, 2.24) is 4.98 Å². The van der Waals surface area contributed by atoms with E-state index < -0.39 is 5.92 Å². The van der Waals surface area contributed by atoms with Gasteiger partial charge < -0.3 is 9.47 Å². The van der Waals surface area contributed by atoms with Crippen molar-refractivity contribution in [3.05, 3.63) is 23.0 Å². The van der Waals surface area contributed by atoms with Crippen LogP contribution in [0.1, 0.15) is 31.9 Å². The molecule has 0 spiro atoms. The van der Waals surface area contributed by atoms with Crippen molar-refractivity contribution in [2.45, 2.75) is 26.2 Å². The fraction of sp³-hybridized carbons (Fsp3) is 0.500. The van der Waals surface area contributed by atoms with Crippen molar-refractivity contribution >= 4 is 17.6 Å². The highest BCUT2D eigenvalue weighted by Crippen LogP contribution is 2.29. The van der Waals surface area contributed by atoms with Crippen LogP contribution in [0.25, 0.3) is 0 Å². The van der Waals surface area contributed by atoms with Gasteiger partial charge in [-0.2, -0.15) is 0 Å². The van der Waals surface area contributed by atoms with E-state index >= 15 is 0 Å². The first-order valence-corrected chi connectivity index (χ1v) is 5.88. The summed E-state index contributed by atoms with van der Waals surface area (Å²) in [5.74, 6) is -0.194. The van der Waals surface area contributed by atoms with Gasteiger partial charge in [-0.3, -0.25) is 4.79 Å². The van der Waals surface area contributed by atoms with Crippen LogP contribution in [-0.2, 0) is 9.53 Å². The maximum atomic E-state index is 11.8. The van der Waals surface area contributed by atoms with E-state index in [1.807, 2.05) is 6.92 Å². The van der Waals surface area contributed by atoms with Crippen LogP contribution in [0.5, 0.6) is 5.75 Å². The third kappa shape index (κ3) is 3.33. The van der Waals surface area contributed by atoms with Gasteiger partial charge in [0.25, 0.3) is 0 Å². The summed E-state index contributed by atoms with van der Waals surface area (Å²) < 4.78 is 10.2. The SMILES string of the molecule is CCOC(=O)C(CC)c1nc(Cl)ccc1OC. The van der Waals surface area contributed by atoms with Gasteiger partial charge in [-0.25, -0.2) is 4.98 Å². The largest absolute Gasteiger partial charge is 0.495 e. The molecule has 0 N–H and O–H groups in total. The fourth-order valence-electron chi connectivity index (χ4n) is 1.57. The third-order valence-corrected chi connectivity index (χ3v) is 2.59. The van der Waals surface area contributed by atoms with E-state index in [1.54, 1.807) is 19.1 Å². The van der Waals surface area contributed by atoms with Gasteiger partial charge >= 0.3 is 5.97 Å². The Labute approximate surface area is 106 Å². The van der Waals surface area contributed by atoms with Crippen molar-refractivity contribution in [1.29, 1.82) is 0 Å². The van der Waals surface area contributed by atoms with E-state index in [0.717, 1.165) is 0 Å². The number of carbonyl (C=O) groups excluding carboxylic acids is 1. The molecule has 0 saturated heterocycles. The summed E-state index contributed by atoms with van der Waals surface area (Å²) in [6.45, 7) is 4.01. The summed E-state index contributed by atoms with van der Waals surface area (Å²) in [5.41, 5.74) is 0.529. The molecule has 1 atom stereocenters. The number of pyridine rings is 1. The van der Waals surface area contributed by atoms with Gasteiger partial charge in [0.1, 0.15) is 16.8 Å². The van der Waals surface area contributed by atoms with Crippen molar-refractivity contribution in [2.75, 3.05) is 13.7 Å². The van der Waals surface area contributed by atoms with Gasteiger partial charge in [0, 0.05) is 0 Å². The van der Waals surface area contributed by atoms with Crippen LogP contribution in [0.15, 0.2) is 12.1 Å². The molecule has 1 heterocycles. The highest BCUT2D eigenvalue weighted by molar-refractivity contribution is 6.29. The lowest BCUT2D eigenvalue weighted by atomic mass is 10.0. The molecule has 0 aliphatic rings. The van der Waals surface area contributed by atoms with E-state index in [-0.39, 0.29) is 5.97 Å². The fourth-order valence-corrected chi connectivity index (χ4v) is 1.73. The zero-order chi connectivity index (χ0) is 12.8. The minimum absolute atomic E-state index is 0.303. The van der Waals surface area contributed by atoms with E-state index in [9.17, 15) is 4.79 Å². The molecule has 1 aromatic heterocycles. The molecule has 0 aliphatic heterocycles. The van der Waals surface area contributed by atoms with Crippen molar-refractivity contribution < 1.29 is 14.3 Å². The molecular formula is C12H16ClNO3. The maximum Gasteiger partial charge on any atom is 0.315 e. The molecule has 0 amide bonds.